The summed E-state index contributed by atoms with van der Waals surface area (Å²) in [6.45, 7) is 0. The van der Waals surface area contributed by atoms with Gasteiger partial charge >= 0.3 is 0 Å². The second-order valence-electron chi connectivity index (χ2n) is 3.56. The molecule has 0 saturated heterocycles. The molecule has 0 radical (unpaired) electrons. The normalized spacial score (nSPS) is 16.6. The Morgan fingerprint density at radius 3 is 2.57 bits per heavy atom. The molecule has 1 aliphatic carbocycles. The summed E-state index contributed by atoms with van der Waals surface area (Å²) in [7, 11) is 0. The lowest BCUT2D eigenvalue weighted by molar-refractivity contribution is 0.632. The minimum absolute atomic E-state index is 0. The van der Waals surface area contributed by atoms with Gasteiger partial charge in [0.2, 0.25) is 0 Å². The van der Waals surface area contributed by atoms with E-state index in [0.29, 0.717) is 5.92 Å². The summed E-state index contributed by atoms with van der Waals surface area (Å²) in [6, 6.07) is 9.86. The molecule has 1 atom stereocenters. The molecular weight excluding hydrogens is 196 g/mol. The highest BCUT2D eigenvalue weighted by Crippen LogP contribution is 2.40. The van der Waals surface area contributed by atoms with Crippen molar-refractivity contribution < 1.29 is 0 Å². The van der Waals surface area contributed by atoms with Crippen molar-refractivity contribution in [3.63, 3.8) is 0 Å². The third-order valence-corrected chi connectivity index (χ3v) is 2.57. The Morgan fingerprint density at radius 2 is 2.00 bits per heavy atom. The Hall–Kier alpha value is -1.04. The predicted molar refractivity (Wildman–Crippen MR) is 58.1 cm³/mol. The first-order valence-electron chi connectivity index (χ1n) is 4.57. The summed E-state index contributed by atoms with van der Waals surface area (Å²) in [6.07, 6.45) is 2.42. The fourth-order valence-electron chi connectivity index (χ4n) is 1.60. The molecule has 0 aromatic heterocycles. The van der Waals surface area contributed by atoms with Crippen LogP contribution in [-0.2, 0) is 0 Å². The number of nitrogens with zero attached hydrogens (tertiary/aromatic N) is 1. The molecule has 0 unspecified atom stereocenters. The number of nitrogens with two attached hydrogens (primary N) is 1. The molecule has 0 bridgehead atoms. The first kappa shape index (κ1) is 11.0. The third-order valence-electron chi connectivity index (χ3n) is 2.57. The van der Waals surface area contributed by atoms with Gasteiger partial charge < -0.3 is 5.73 Å². The van der Waals surface area contributed by atoms with Gasteiger partial charge in [-0.3, -0.25) is 0 Å². The summed E-state index contributed by atoms with van der Waals surface area (Å²) in [5.74, 6) is 0.606. The third kappa shape index (κ3) is 2.06. The van der Waals surface area contributed by atoms with Crippen LogP contribution in [0.4, 0.5) is 0 Å². The average molecular weight is 209 g/mol. The molecular formula is C11H13ClN2. The second kappa shape index (κ2) is 4.45. The van der Waals surface area contributed by atoms with Gasteiger partial charge in [0, 0.05) is 6.04 Å². The fraction of sp³-hybridized carbons (Fsp3) is 0.364. The number of hydrogen-bond donors (Lipinski definition) is 1. The molecule has 0 amide bonds. The number of rotatable bonds is 2. The minimum atomic E-state index is 0. The first-order chi connectivity index (χ1) is 6.33. The van der Waals surface area contributed by atoms with Crippen molar-refractivity contribution in [1.29, 1.82) is 5.26 Å². The molecule has 0 heterocycles. The highest BCUT2D eigenvalue weighted by Gasteiger charge is 2.30. The van der Waals surface area contributed by atoms with Crippen LogP contribution in [0.3, 0.4) is 0 Å². The molecule has 1 fully saturated rings. The SMILES string of the molecule is Cl.N#Cc1ccccc1[C@H](N)C1CC1. The quantitative estimate of drug-likeness (QED) is 0.812. The summed E-state index contributed by atoms with van der Waals surface area (Å²) < 4.78 is 0. The van der Waals surface area contributed by atoms with Gasteiger partial charge in [-0.15, -0.1) is 12.4 Å². The number of benzene rings is 1. The van der Waals surface area contributed by atoms with Gasteiger partial charge in [0.1, 0.15) is 0 Å². The lowest BCUT2D eigenvalue weighted by Crippen LogP contribution is -2.13. The number of nitriles is 1. The zero-order valence-electron chi connectivity index (χ0n) is 7.81. The van der Waals surface area contributed by atoms with Crippen molar-refractivity contribution in [3.05, 3.63) is 35.4 Å². The lowest BCUT2D eigenvalue weighted by atomic mass is 9.98. The zero-order valence-corrected chi connectivity index (χ0v) is 8.63. The number of hydrogen-bond acceptors (Lipinski definition) is 2. The van der Waals surface area contributed by atoms with E-state index in [0.717, 1.165) is 11.1 Å². The predicted octanol–water partition coefficient (Wildman–Crippen LogP) is 2.39. The molecule has 2 rings (SSSR count). The van der Waals surface area contributed by atoms with Gasteiger partial charge in [-0.2, -0.15) is 5.26 Å². The highest BCUT2D eigenvalue weighted by atomic mass is 35.5. The van der Waals surface area contributed by atoms with Crippen LogP contribution in [0.5, 0.6) is 0 Å². The van der Waals surface area contributed by atoms with Crippen LogP contribution < -0.4 is 5.73 Å². The van der Waals surface area contributed by atoms with Crippen LogP contribution in [0.15, 0.2) is 24.3 Å². The molecule has 74 valence electrons. The Kier molecular flexibility index (Phi) is 3.51. The highest BCUT2D eigenvalue weighted by molar-refractivity contribution is 5.85. The standard InChI is InChI=1S/C11H12N2.ClH/c12-7-9-3-1-2-4-10(9)11(13)8-5-6-8;/h1-4,8,11H,5-6,13H2;1H/t11-;/m1./s1. The van der Waals surface area contributed by atoms with Crippen LogP contribution in [0.25, 0.3) is 0 Å². The Balaban J connectivity index is 0.000000980. The summed E-state index contributed by atoms with van der Waals surface area (Å²) in [4.78, 5) is 0. The molecule has 2 nitrogen and oxygen atoms in total. The molecule has 2 N–H and O–H groups in total. The Morgan fingerprint density at radius 1 is 1.36 bits per heavy atom. The summed E-state index contributed by atoms with van der Waals surface area (Å²) in [5.41, 5.74) is 7.76. The van der Waals surface area contributed by atoms with E-state index in [-0.39, 0.29) is 18.4 Å². The lowest BCUT2D eigenvalue weighted by Gasteiger charge is -2.11. The van der Waals surface area contributed by atoms with Crippen LogP contribution >= 0.6 is 12.4 Å². The van der Waals surface area contributed by atoms with E-state index >= 15 is 0 Å². The van der Waals surface area contributed by atoms with E-state index in [1.54, 1.807) is 0 Å². The van der Waals surface area contributed by atoms with Crippen molar-refractivity contribution in [1.82, 2.24) is 0 Å². The van der Waals surface area contributed by atoms with Gasteiger partial charge in [0.25, 0.3) is 0 Å². The van der Waals surface area contributed by atoms with Crippen molar-refractivity contribution >= 4 is 12.4 Å². The smallest absolute Gasteiger partial charge is 0.0995 e. The van der Waals surface area contributed by atoms with Gasteiger partial charge in [-0.05, 0) is 30.4 Å². The molecule has 3 heteroatoms. The van der Waals surface area contributed by atoms with E-state index in [1.165, 1.54) is 12.8 Å². The molecule has 0 spiro atoms. The van der Waals surface area contributed by atoms with Crippen molar-refractivity contribution in [3.8, 4) is 6.07 Å². The second-order valence-corrected chi connectivity index (χ2v) is 3.56. The molecule has 1 aromatic carbocycles. The zero-order chi connectivity index (χ0) is 9.26. The monoisotopic (exact) mass is 208 g/mol. The van der Waals surface area contributed by atoms with Crippen molar-refractivity contribution in [2.45, 2.75) is 18.9 Å². The molecule has 1 aromatic rings. The van der Waals surface area contributed by atoms with E-state index in [2.05, 4.69) is 6.07 Å². The largest absolute Gasteiger partial charge is 0.324 e. The summed E-state index contributed by atoms with van der Waals surface area (Å²) >= 11 is 0. The van der Waals surface area contributed by atoms with Gasteiger partial charge in [-0.25, -0.2) is 0 Å². The molecule has 1 saturated carbocycles. The van der Waals surface area contributed by atoms with Crippen molar-refractivity contribution in [2.24, 2.45) is 11.7 Å². The molecule has 1 aliphatic rings. The topological polar surface area (TPSA) is 49.8 Å². The Labute approximate surface area is 90.1 Å². The Bertz CT molecular complexity index is 353. The van der Waals surface area contributed by atoms with E-state index in [1.807, 2.05) is 24.3 Å². The van der Waals surface area contributed by atoms with Crippen LogP contribution in [0.1, 0.15) is 30.0 Å². The fourth-order valence-corrected chi connectivity index (χ4v) is 1.60. The molecule has 0 aliphatic heterocycles. The van der Waals surface area contributed by atoms with Gasteiger partial charge in [-0.1, -0.05) is 18.2 Å². The minimum Gasteiger partial charge on any atom is -0.324 e. The van der Waals surface area contributed by atoms with E-state index < -0.39 is 0 Å². The maximum atomic E-state index is 8.86. The average Bonchev–Trinajstić information content (AvgIpc) is 3.00. The van der Waals surface area contributed by atoms with E-state index in [4.69, 9.17) is 11.0 Å². The van der Waals surface area contributed by atoms with E-state index in [9.17, 15) is 0 Å². The maximum absolute atomic E-state index is 8.86. The van der Waals surface area contributed by atoms with Crippen LogP contribution in [-0.4, -0.2) is 0 Å². The van der Waals surface area contributed by atoms with Crippen LogP contribution in [0, 0.1) is 17.2 Å². The van der Waals surface area contributed by atoms with Crippen LogP contribution in [0.2, 0.25) is 0 Å². The van der Waals surface area contributed by atoms with Gasteiger partial charge in [0.15, 0.2) is 0 Å². The first-order valence-corrected chi connectivity index (χ1v) is 4.57. The number of halogens is 1. The maximum Gasteiger partial charge on any atom is 0.0995 e. The summed E-state index contributed by atoms with van der Waals surface area (Å²) in [5, 5.41) is 8.86. The van der Waals surface area contributed by atoms with Crippen molar-refractivity contribution in [2.75, 3.05) is 0 Å². The van der Waals surface area contributed by atoms with Gasteiger partial charge in [0.05, 0.1) is 11.6 Å². The molecule has 14 heavy (non-hydrogen) atoms.